The van der Waals surface area contributed by atoms with Gasteiger partial charge < -0.3 is 15.4 Å². The van der Waals surface area contributed by atoms with Crippen LogP contribution < -0.4 is 15.4 Å². The number of ether oxygens (including phenoxy) is 1. The maximum absolute atomic E-state index is 6.01. The molecular formula is C21H20Cl2N2O. The Morgan fingerprint density at radius 2 is 1.38 bits per heavy atom. The van der Waals surface area contributed by atoms with Gasteiger partial charge in [0.15, 0.2) is 0 Å². The van der Waals surface area contributed by atoms with E-state index in [0.29, 0.717) is 16.7 Å². The fourth-order valence-corrected chi connectivity index (χ4v) is 3.06. The van der Waals surface area contributed by atoms with E-state index in [4.69, 9.17) is 27.9 Å². The third-order valence-corrected chi connectivity index (χ3v) is 4.19. The third-order valence-electron chi connectivity index (χ3n) is 3.76. The molecular weight excluding hydrogens is 367 g/mol. The number of rotatable bonds is 8. The van der Waals surface area contributed by atoms with Gasteiger partial charge in [0.2, 0.25) is 0 Å². The van der Waals surface area contributed by atoms with Gasteiger partial charge in [0.25, 0.3) is 0 Å². The molecule has 0 aromatic heterocycles. The highest BCUT2D eigenvalue weighted by atomic mass is 35.5. The van der Waals surface area contributed by atoms with Gasteiger partial charge in [-0.2, -0.15) is 0 Å². The molecule has 0 bridgehead atoms. The average Bonchev–Trinajstić information content (AvgIpc) is 2.64. The maximum atomic E-state index is 6.01. The average molecular weight is 387 g/mol. The van der Waals surface area contributed by atoms with Crippen LogP contribution in [-0.2, 0) is 6.61 Å². The lowest BCUT2D eigenvalue weighted by atomic mass is 10.2. The van der Waals surface area contributed by atoms with Crippen molar-refractivity contribution in [3.05, 3.63) is 88.4 Å². The predicted molar refractivity (Wildman–Crippen MR) is 111 cm³/mol. The summed E-state index contributed by atoms with van der Waals surface area (Å²) in [4.78, 5) is 0. The van der Waals surface area contributed by atoms with E-state index in [1.54, 1.807) is 6.07 Å². The molecule has 0 saturated heterocycles. The van der Waals surface area contributed by atoms with Gasteiger partial charge in [0, 0.05) is 28.8 Å². The maximum Gasteiger partial charge on any atom is 0.142 e. The van der Waals surface area contributed by atoms with Gasteiger partial charge in [-0.25, -0.2) is 0 Å². The molecule has 26 heavy (non-hydrogen) atoms. The largest absolute Gasteiger partial charge is 0.487 e. The number of benzene rings is 3. The second-order valence-corrected chi connectivity index (χ2v) is 6.65. The van der Waals surface area contributed by atoms with Crippen molar-refractivity contribution in [2.75, 3.05) is 23.7 Å². The van der Waals surface area contributed by atoms with Gasteiger partial charge in [-0.15, -0.1) is 0 Å². The monoisotopic (exact) mass is 386 g/mol. The Kier molecular flexibility index (Phi) is 6.64. The zero-order chi connectivity index (χ0) is 18.2. The van der Waals surface area contributed by atoms with Crippen molar-refractivity contribution >= 4 is 34.6 Å². The number of hydrogen-bond acceptors (Lipinski definition) is 3. The van der Waals surface area contributed by atoms with Gasteiger partial charge in [-0.1, -0.05) is 65.7 Å². The van der Waals surface area contributed by atoms with Gasteiger partial charge in [0.05, 0.1) is 5.69 Å². The van der Waals surface area contributed by atoms with Gasteiger partial charge in [-0.05, 0) is 35.9 Å². The minimum absolute atomic E-state index is 0.540. The first-order valence-corrected chi connectivity index (χ1v) is 9.16. The Labute approximate surface area is 163 Å². The zero-order valence-corrected chi connectivity index (χ0v) is 15.7. The van der Waals surface area contributed by atoms with Crippen LogP contribution in [0, 0.1) is 0 Å². The number of anilines is 2. The summed E-state index contributed by atoms with van der Waals surface area (Å²) in [6, 6.07) is 23.5. The lowest BCUT2D eigenvalue weighted by Gasteiger charge is -2.14. The lowest BCUT2D eigenvalue weighted by molar-refractivity contribution is 0.307. The number of hydrogen-bond donors (Lipinski definition) is 2. The number of nitrogens with one attached hydrogen (secondary N) is 2. The highest BCUT2D eigenvalue weighted by Crippen LogP contribution is 2.25. The van der Waals surface area contributed by atoms with Crippen LogP contribution in [-0.4, -0.2) is 13.1 Å². The summed E-state index contributed by atoms with van der Waals surface area (Å²) >= 11 is 12.0. The van der Waals surface area contributed by atoms with Crippen molar-refractivity contribution in [1.29, 1.82) is 0 Å². The summed E-state index contributed by atoms with van der Waals surface area (Å²) in [5.41, 5.74) is 3.01. The number of para-hydroxylation sites is 2. The molecule has 3 aromatic carbocycles. The second kappa shape index (κ2) is 9.37. The van der Waals surface area contributed by atoms with Crippen LogP contribution in [0.2, 0.25) is 10.0 Å². The second-order valence-electron chi connectivity index (χ2n) is 5.78. The molecule has 0 saturated carbocycles. The molecule has 0 heterocycles. The molecule has 0 unspecified atom stereocenters. The predicted octanol–water partition coefficient (Wildman–Crippen LogP) is 6.10. The molecule has 0 aliphatic carbocycles. The molecule has 3 nitrogen and oxygen atoms in total. The summed E-state index contributed by atoms with van der Waals surface area (Å²) in [5.74, 6) is 0.835. The van der Waals surface area contributed by atoms with Crippen LogP contribution in [0.3, 0.4) is 0 Å². The third kappa shape index (κ3) is 5.58. The van der Waals surface area contributed by atoms with Crippen LogP contribution in [0.1, 0.15) is 5.56 Å². The van der Waals surface area contributed by atoms with E-state index in [2.05, 4.69) is 22.8 Å². The first kappa shape index (κ1) is 18.4. The standard InChI is InChI=1S/C21H20Cl2N2O/c22-17-12-18(23)14-19(13-17)24-10-11-25-20-8-4-5-9-21(20)26-15-16-6-2-1-3-7-16/h1-9,12-14,24-25H,10-11,15H2. The Bertz CT molecular complexity index is 820. The molecule has 0 atom stereocenters. The Hall–Kier alpha value is -2.36. The molecule has 5 heteroatoms. The minimum atomic E-state index is 0.540. The molecule has 3 aromatic rings. The van der Waals surface area contributed by atoms with Gasteiger partial charge >= 0.3 is 0 Å². The summed E-state index contributed by atoms with van der Waals surface area (Å²) < 4.78 is 5.95. The molecule has 134 valence electrons. The van der Waals surface area contributed by atoms with E-state index < -0.39 is 0 Å². The highest BCUT2D eigenvalue weighted by molar-refractivity contribution is 6.35. The highest BCUT2D eigenvalue weighted by Gasteiger charge is 2.03. The minimum Gasteiger partial charge on any atom is -0.487 e. The first-order valence-electron chi connectivity index (χ1n) is 8.40. The van der Waals surface area contributed by atoms with E-state index >= 15 is 0 Å². The summed E-state index contributed by atoms with van der Waals surface area (Å²) in [7, 11) is 0. The summed E-state index contributed by atoms with van der Waals surface area (Å²) in [6.45, 7) is 2.00. The van der Waals surface area contributed by atoms with Crippen LogP contribution in [0.4, 0.5) is 11.4 Å². The number of halogens is 2. The molecule has 3 rings (SSSR count). The molecule has 0 radical (unpaired) electrons. The van der Waals surface area contributed by atoms with Crippen LogP contribution >= 0.6 is 23.2 Å². The Morgan fingerprint density at radius 1 is 0.731 bits per heavy atom. The van der Waals surface area contributed by atoms with Crippen molar-refractivity contribution in [3.8, 4) is 5.75 Å². The van der Waals surface area contributed by atoms with Crippen LogP contribution in [0.25, 0.3) is 0 Å². The Morgan fingerprint density at radius 3 is 2.15 bits per heavy atom. The summed E-state index contributed by atoms with van der Waals surface area (Å²) in [6.07, 6.45) is 0. The zero-order valence-electron chi connectivity index (χ0n) is 14.2. The molecule has 0 spiro atoms. The SMILES string of the molecule is Clc1cc(Cl)cc(NCCNc2ccccc2OCc2ccccc2)c1. The molecule has 0 aliphatic heterocycles. The molecule has 0 fully saturated rings. The van der Waals surface area contributed by atoms with Gasteiger partial charge in [-0.3, -0.25) is 0 Å². The summed E-state index contributed by atoms with van der Waals surface area (Å²) in [5, 5.41) is 7.93. The first-order chi connectivity index (χ1) is 12.7. The fourth-order valence-electron chi connectivity index (χ4n) is 2.53. The Balaban J connectivity index is 1.51. The van der Waals surface area contributed by atoms with Crippen LogP contribution in [0.15, 0.2) is 72.8 Å². The van der Waals surface area contributed by atoms with Crippen LogP contribution in [0.5, 0.6) is 5.75 Å². The van der Waals surface area contributed by atoms with E-state index in [9.17, 15) is 0 Å². The fraction of sp³-hybridized carbons (Fsp3) is 0.143. The topological polar surface area (TPSA) is 33.3 Å². The van der Waals surface area contributed by atoms with Gasteiger partial charge in [0.1, 0.15) is 12.4 Å². The van der Waals surface area contributed by atoms with Crippen molar-refractivity contribution in [1.82, 2.24) is 0 Å². The van der Waals surface area contributed by atoms with Crippen molar-refractivity contribution in [3.63, 3.8) is 0 Å². The van der Waals surface area contributed by atoms with Crippen molar-refractivity contribution in [2.24, 2.45) is 0 Å². The smallest absolute Gasteiger partial charge is 0.142 e. The van der Waals surface area contributed by atoms with E-state index in [1.165, 1.54) is 0 Å². The molecule has 0 amide bonds. The van der Waals surface area contributed by atoms with Crippen molar-refractivity contribution in [2.45, 2.75) is 6.61 Å². The lowest BCUT2D eigenvalue weighted by Crippen LogP contribution is -2.14. The van der Waals surface area contributed by atoms with Crippen molar-refractivity contribution < 1.29 is 4.74 Å². The van der Waals surface area contributed by atoms with E-state index in [0.717, 1.165) is 35.8 Å². The van der Waals surface area contributed by atoms with E-state index in [-0.39, 0.29) is 0 Å². The normalized spacial score (nSPS) is 10.4. The van der Waals surface area contributed by atoms with E-state index in [1.807, 2.05) is 54.6 Å². The molecule has 0 aliphatic rings. The quantitative estimate of drug-likeness (QED) is 0.459. The molecule has 2 N–H and O–H groups in total.